The zero-order valence-corrected chi connectivity index (χ0v) is 16.2. The fraction of sp³-hybridized carbons (Fsp3) is 0.250. The van der Waals surface area contributed by atoms with Crippen molar-refractivity contribution in [2.24, 2.45) is 0 Å². The van der Waals surface area contributed by atoms with Crippen LogP contribution in [0.15, 0.2) is 42.9 Å². The maximum atomic E-state index is 12.6. The largest absolute Gasteiger partial charge is 0.383 e. The van der Waals surface area contributed by atoms with Crippen LogP contribution in [0.4, 0.5) is 17.5 Å². The quantitative estimate of drug-likeness (QED) is 0.679. The van der Waals surface area contributed by atoms with Gasteiger partial charge >= 0.3 is 0 Å². The highest BCUT2D eigenvalue weighted by atomic mass is 16.2. The lowest BCUT2D eigenvalue weighted by Crippen LogP contribution is -2.28. The van der Waals surface area contributed by atoms with E-state index in [1.165, 1.54) is 0 Å². The van der Waals surface area contributed by atoms with Crippen molar-refractivity contribution in [3.63, 3.8) is 0 Å². The molecule has 0 aromatic carbocycles. The summed E-state index contributed by atoms with van der Waals surface area (Å²) in [5.74, 6) is 2.04. The standard InChI is InChI=1S/C20H23N7O/c1-4-9-27(3)20(28)16-10-15(12-24-19(16)21)14-5-7-23-18(11-14)26-17-6-8-22-13(2)25-17/h5-8,10-12H,4,9H2,1-3H3,(H2,21,24)(H,22,23,25,26). The van der Waals surface area contributed by atoms with Gasteiger partial charge in [-0.1, -0.05) is 6.92 Å². The third-order valence-corrected chi connectivity index (χ3v) is 4.18. The molecule has 0 spiro atoms. The molecule has 3 aromatic rings. The number of pyridine rings is 2. The highest BCUT2D eigenvalue weighted by molar-refractivity contribution is 5.99. The molecular formula is C20H23N7O. The number of nitrogens with zero attached hydrogens (tertiary/aromatic N) is 5. The maximum absolute atomic E-state index is 12.6. The molecular weight excluding hydrogens is 354 g/mol. The summed E-state index contributed by atoms with van der Waals surface area (Å²) in [5, 5.41) is 3.16. The van der Waals surface area contributed by atoms with E-state index < -0.39 is 0 Å². The monoisotopic (exact) mass is 377 g/mol. The molecule has 28 heavy (non-hydrogen) atoms. The number of hydrogen-bond acceptors (Lipinski definition) is 7. The average Bonchev–Trinajstić information content (AvgIpc) is 2.68. The van der Waals surface area contributed by atoms with E-state index in [9.17, 15) is 4.79 Å². The summed E-state index contributed by atoms with van der Waals surface area (Å²) in [6.45, 7) is 4.50. The van der Waals surface area contributed by atoms with Crippen LogP contribution >= 0.6 is 0 Å². The van der Waals surface area contributed by atoms with Crippen molar-refractivity contribution in [1.82, 2.24) is 24.8 Å². The van der Waals surface area contributed by atoms with E-state index in [-0.39, 0.29) is 11.7 Å². The average molecular weight is 377 g/mol. The number of amides is 1. The molecule has 8 nitrogen and oxygen atoms in total. The SMILES string of the molecule is CCCN(C)C(=O)c1cc(-c2ccnc(Nc3ccnc(C)n3)c2)cnc1N. The molecule has 8 heteroatoms. The first-order valence-electron chi connectivity index (χ1n) is 9.02. The van der Waals surface area contributed by atoms with Crippen molar-refractivity contribution in [1.29, 1.82) is 0 Å². The van der Waals surface area contributed by atoms with Gasteiger partial charge in [0.2, 0.25) is 0 Å². The lowest BCUT2D eigenvalue weighted by molar-refractivity contribution is 0.0796. The van der Waals surface area contributed by atoms with Gasteiger partial charge in [0.15, 0.2) is 0 Å². The summed E-state index contributed by atoms with van der Waals surface area (Å²) in [4.78, 5) is 31.2. The van der Waals surface area contributed by atoms with Crippen molar-refractivity contribution in [3.8, 4) is 11.1 Å². The fourth-order valence-electron chi connectivity index (χ4n) is 2.78. The van der Waals surface area contributed by atoms with E-state index in [4.69, 9.17) is 5.73 Å². The first kappa shape index (κ1) is 19.2. The minimum Gasteiger partial charge on any atom is -0.383 e. The number of aromatic nitrogens is 4. The molecule has 144 valence electrons. The third-order valence-electron chi connectivity index (χ3n) is 4.18. The summed E-state index contributed by atoms with van der Waals surface area (Å²) in [6.07, 6.45) is 5.90. The van der Waals surface area contributed by atoms with Gasteiger partial charge in [0.05, 0.1) is 5.56 Å². The lowest BCUT2D eigenvalue weighted by Gasteiger charge is -2.17. The Bertz CT molecular complexity index is 990. The number of rotatable bonds is 6. The molecule has 0 aliphatic rings. The van der Waals surface area contributed by atoms with Crippen LogP contribution < -0.4 is 11.1 Å². The first-order chi connectivity index (χ1) is 13.5. The number of aryl methyl sites for hydroxylation is 1. The van der Waals surface area contributed by atoms with Gasteiger partial charge in [0.1, 0.15) is 23.3 Å². The predicted molar refractivity (Wildman–Crippen MR) is 109 cm³/mol. The topological polar surface area (TPSA) is 110 Å². The van der Waals surface area contributed by atoms with E-state index in [0.717, 1.165) is 17.5 Å². The van der Waals surface area contributed by atoms with Crippen LogP contribution in [0.1, 0.15) is 29.5 Å². The number of nitrogens with two attached hydrogens (primary N) is 1. The minimum absolute atomic E-state index is 0.141. The first-order valence-corrected chi connectivity index (χ1v) is 9.02. The maximum Gasteiger partial charge on any atom is 0.257 e. The van der Waals surface area contributed by atoms with Gasteiger partial charge in [0, 0.05) is 37.7 Å². The van der Waals surface area contributed by atoms with Crippen LogP contribution in [0.3, 0.4) is 0 Å². The van der Waals surface area contributed by atoms with Crippen LogP contribution in [0.5, 0.6) is 0 Å². The molecule has 0 saturated heterocycles. The summed E-state index contributed by atoms with van der Waals surface area (Å²) in [7, 11) is 1.76. The van der Waals surface area contributed by atoms with Gasteiger partial charge in [-0.15, -0.1) is 0 Å². The summed E-state index contributed by atoms with van der Waals surface area (Å²) < 4.78 is 0. The Labute approximate surface area is 163 Å². The second kappa shape index (κ2) is 8.43. The molecule has 0 unspecified atom stereocenters. The number of anilines is 3. The Morgan fingerprint density at radius 3 is 2.64 bits per heavy atom. The molecule has 1 amide bonds. The summed E-state index contributed by atoms with van der Waals surface area (Å²) in [5.41, 5.74) is 7.99. The van der Waals surface area contributed by atoms with Gasteiger partial charge < -0.3 is 16.0 Å². The van der Waals surface area contributed by atoms with Gasteiger partial charge in [-0.25, -0.2) is 19.9 Å². The second-order valence-electron chi connectivity index (χ2n) is 6.43. The Morgan fingerprint density at radius 1 is 1.11 bits per heavy atom. The van der Waals surface area contributed by atoms with Gasteiger partial charge in [-0.05, 0) is 43.2 Å². The van der Waals surface area contributed by atoms with Crippen LogP contribution in [0.2, 0.25) is 0 Å². The van der Waals surface area contributed by atoms with Crippen molar-refractivity contribution in [2.75, 3.05) is 24.6 Å². The predicted octanol–water partition coefficient (Wildman–Crippen LogP) is 3.05. The van der Waals surface area contributed by atoms with E-state index >= 15 is 0 Å². The third kappa shape index (κ3) is 4.40. The zero-order chi connectivity index (χ0) is 20.1. The Hall–Kier alpha value is -3.55. The van der Waals surface area contributed by atoms with Crippen molar-refractivity contribution >= 4 is 23.4 Å². The van der Waals surface area contributed by atoms with Gasteiger partial charge in [-0.2, -0.15) is 0 Å². The van der Waals surface area contributed by atoms with Crippen LogP contribution in [-0.4, -0.2) is 44.3 Å². The molecule has 0 aliphatic heterocycles. The fourth-order valence-corrected chi connectivity index (χ4v) is 2.78. The Morgan fingerprint density at radius 2 is 1.89 bits per heavy atom. The number of carbonyl (C=O) groups is 1. The lowest BCUT2D eigenvalue weighted by atomic mass is 10.1. The molecule has 0 aliphatic carbocycles. The molecule has 3 heterocycles. The van der Waals surface area contributed by atoms with Crippen molar-refractivity contribution in [2.45, 2.75) is 20.3 Å². The van der Waals surface area contributed by atoms with Crippen LogP contribution in [0.25, 0.3) is 11.1 Å². The molecule has 0 saturated carbocycles. The van der Waals surface area contributed by atoms with Crippen molar-refractivity contribution < 1.29 is 4.79 Å². The van der Waals surface area contributed by atoms with E-state index in [1.807, 2.05) is 26.0 Å². The molecule has 0 fully saturated rings. The molecule has 0 bridgehead atoms. The Balaban J connectivity index is 1.89. The molecule has 0 atom stereocenters. The van der Waals surface area contributed by atoms with Crippen LogP contribution in [-0.2, 0) is 0 Å². The molecule has 0 radical (unpaired) electrons. The van der Waals surface area contributed by atoms with E-state index in [2.05, 4.69) is 25.3 Å². The second-order valence-corrected chi connectivity index (χ2v) is 6.43. The van der Waals surface area contributed by atoms with Gasteiger partial charge in [0.25, 0.3) is 5.91 Å². The highest BCUT2D eigenvalue weighted by Gasteiger charge is 2.16. The number of nitrogen functional groups attached to an aromatic ring is 1. The van der Waals surface area contributed by atoms with Crippen molar-refractivity contribution in [3.05, 3.63) is 54.2 Å². The number of nitrogens with one attached hydrogen (secondary N) is 1. The minimum atomic E-state index is -0.141. The molecule has 3 rings (SSSR count). The normalized spacial score (nSPS) is 10.5. The number of hydrogen-bond donors (Lipinski definition) is 2. The number of carbonyl (C=O) groups excluding carboxylic acids is 1. The molecule has 3 N–H and O–H groups in total. The zero-order valence-electron chi connectivity index (χ0n) is 16.2. The van der Waals surface area contributed by atoms with E-state index in [0.29, 0.717) is 29.6 Å². The summed E-state index contributed by atoms with van der Waals surface area (Å²) >= 11 is 0. The van der Waals surface area contributed by atoms with E-state index in [1.54, 1.807) is 42.7 Å². The smallest absolute Gasteiger partial charge is 0.257 e. The highest BCUT2D eigenvalue weighted by Crippen LogP contribution is 2.25. The van der Waals surface area contributed by atoms with Gasteiger partial charge in [-0.3, -0.25) is 4.79 Å². The summed E-state index contributed by atoms with van der Waals surface area (Å²) in [6, 6.07) is 7.26. The Kier molecular flexibility index (Phi) is 5.78. The van der Waals surface area contributed by atoms with Crippen LogP contribution in [0, 0.1) is 6.92 Å². The molecule has 3 aromatic heterocycles.